The fraction of sp³-hybridized carbons (Fsp3) is 0.321. The van der Waals surface area contributed by atoms with Crippen molar-refractivity contribution in [1.82, 2.24) is 9.91 Å². The molecule has 7 heteroatoms. The summed E-state index contributed by atoms with van der Waals surface area (Å²) in [5.41, 5.74) is 3.91. The zero-order valence-electron chi connectivity index (χ0n) is 19.9. The van der Waals surface area contributed by atoms with Gasteiger partial charge in [0.2, 0.25) is 5.91 Å². The number of benzene rings is 2. The van der Waals surface area contributed by atoms with Crippen molar-refractivity contribution in [2.45, 2.75) is 32.2 Å². The largest absolute Gasteiger partial charge is 0.467 e. The average Bonchev–Trinajstić information content (AvgIpc) is 3.56. The molecular weight excluding hydrogens is 440 g/mol. The fourth-order valence-electron chi connectivity index (χ4n) is 4.75. The van der Waals surface area contributed by atoms with Crippen LogP contribution in [0.1, 0.15) is 42.2 Å². The lowest BCUT2D eigenvalue weighted by molar-refractivity contribution is -0.135. The summed E-state index contributed by atoms with van der Waals surface area (Å²) in [7, 11) is 0. The zero-order chi connectivity index (χ0) is 24.2. The number of carbonyl (C=O) groups excluding carboxylic acids is 2. The van der Waals surface area contributed by atoms with Crippen molar-refractivity contribution in [2.24, 2.45) is 11.0 Å². The van der Waals surface area contributed by atoms with E-state index in [1.165, 1.54) is 5.56 Å². The minimum atomic E-state index is -0.247. The highest BCUT2D eigenvalue weighted by molar-refractivity contribution is 6.03. The molecule has 3 heterocycles. The van der Waals surface area contributed by atoms with Crippen LogP contribution in [0.3, 0.4) is 0 Å². The first-order chi connectivity index (χ1) is 17.1. The van der Waals surface area contributed by atoms with E-state index in [-0.39, 0.29) is 30.3 Å². The zero-order valence-corrected chi connectivity index (χ0v) is 19.9. The monoisotopic (exact) mass is 470 g/mol. The van der Waals surface area contributed by atoms with Gasteiger partial charge in [0.15, 0.2) is 0 Å². The number of likely N-dealkylation sites (tertiary alicyclic amines) is 1. The van der Waals surface area contributed by atoms with Crippen molar-refractivity contribution in [1.29, 1.82) is 0 Å². The van der Waals surface area contributed by atoms with Gasteiger partial charge in [0.1, 0.15) is 11.8 Å². The number of piperidine rings is 1. The molecule has 2 aliphatic heterocycles. The molecule has 0 saturated carbocycles. The van der Waals surface area contributed by atoms with Crippen molar-refractivity contribution in [3.63, 3.8) is 0 Å². The summed E-state index contributed by atoms with van der Waals surface area (Å²) >= 11 is 0. The summed E-state index contributed by atoms with van der Waals surface area (Å²) in [6.45, 7) is 3.73. The van der Waals surface area contributed by atoms with Gasteiger partial charge in [0.05, 0.1) is 18.5 Å². The summed E-state index contributed by atoms with van der Waals surface area (Å²) in [4.78, 5) is 28.1. The first-order valence-corrected chi connectivity index (χ1v) is 12.1. The number of nitrogens with one attached hydrogen (secondary N) is 1. The molecule has 0 aliphatic carbocycles. The predicted octanol–water partition coefficient (Wildman–Crippen LogP) is 4.62. The number of anilines is 1. The van der Waals surface area contributed by atoms with E-state index in [1.54, 1.807) is 11.3 Å². The van der Waals surface area contributed by atoms with Crippen molar-refractivity contribution < 1.29 is 14.0 Å². The lowest BCUT2D eigenvalue weighted by Gasteiger charge is -2.32. The van der Waals surface area contributed by atoms with Gasteiger partial charge in [-0.05, 0) is 62.7 Å². The van der Waals surface area contributed by atoms with Gasteiger partial charge in [0.25, 0.3) is 5.91 Å². The van der Waals surface area contributed by atoms with Gasteiger partial charge in [-0.1, -0.05) is 48.0 Å². The van der Waals surface area contributed by atoms with Crippen molar-refractivity contribution in [2.75, 3.05) is 25.0 Å². The van der Waals surface area contributed by atoms with E-state index in [0.717, 1.165) is 35.6 Å². The van der Waals surface area contributed by atoms with Crippen LogP contribution in [-0.4, -0.2) is 47.1 Å². The SMILES string of the molecule is Cc1ccc(C2=NN(C(=O)CN3CCC(C(=O)Nc4ccccc4)CC3)C(c3ccco3)C2)cc1. The quantitative estimate of drug-likeness (QED) is 0.570. The Morgan fingerprint density at radius 2 is 1.74 bits per heavy atom. The molecule has 1 atom stereocenters. The highest BCUT2D eigenvalue weighted by atomic mass is 16.3. The Morgan fingerprint density at radius 1 is 1.00 bits per heavy atom. The van der Waals surface area contributed by atoms with Crippen LogP contribution in [0, 0.1) is 12.8 Å². The summed E-state index contributed by atoms with van der Waals surface area (Å²) in [5, 5.41) is 9.31. The van der Waals surface area contributed by atoms with Crippen LogP contribution in [0.4, 0.5) is 5.69 Å². The standard InChI is InChI=1S/C28H30N4O3/c1-20-9-11-21(12-10-20)24-18-25(26-8-5-17-35-26)32(30-24)27(33)19-31-15-13-22(14-16-31)28(34)29-23-6-3-2-4-7-23/h2-12,17,22,25H,13-16,18-19H2,1H3,(H,29,34). The molecule has 0 bridgehead atoms. The molecule has 2 amide bonds. The fourth-order valence-corrected chi connectivity index (χ4v) is 4.75. The Bertz CT molecular complexity index is 1180. The van der Waals surface area contributed by atoms with E-state index in [1.807, 2.05) is 54.6 Å². The molecule has 0 radical (unpaired) electrons. The first-order valence-electron chi connectivity index (χ1n) is 12.1. The number of rotatable bonds is 6. The lowest BCUT2D eigenvalue weighted by Crippen LogP contribution is -2.43. The van der Waals surface area contributed by atoms with E-state index in [2.05, 4.69) is 29.3 Å². The van der Waals surface area contributed by atoms with Gasteiger partial charge in [-0.25, -0.2) is 5.01 Å². The molecule has 5 rings (SSSR count). The van der Waals surface area contributed by atoms with E-state index in [0.29, 0.717) is 19.5 Å². The lowest BCUT2D eigenvalue weighted by atomic mass is 9.95. The molecule has 2 aliphatic rings. The molecule has 1 N–H and O–H groups in total. The maximum Gasteiger partial charge on any atom is 0.257 e. The molecular formula is C28H30N4O3. The van der Waals surface area contributed by atoms with Gasteiger partial charge in [0, 0.05) is 18.0 Å². The number of carbonyl (C=O) groups is 2. The number of hydrogen-bond acceptors (Lipinski definition) is 5. The molecule has 1 aromatic heterocycles. The van der Waals surface area contributed by atoms with Crippen molar-refractivity contribution in [3.05, 3.63) is 89.9 Å². The number of aryl methyl sites for hydroxylation is 1. The molecule has 7 nitrogen and oxygen atoms in total. The predicted molar refractivity (Wildman–Crippen MR) is 135 cm³/mol. The Morgan fingerprint density at radius 3 is 2.43 bits per heavy atom. The number of hydrazone groups is 1. The number of amides is 2. The van der Waals surface area contributed by atoms with Crippen LogP contribution in [-0.2, 0) is 9.59 Å². The molecule has 3 aromatic rings. The van der Waals surface area contributed by atoms with E-state index in [9.17, 15) is 9.59 Å². The molecule has 2 aromatic carbocycles. The minimum Gasteiger partial charge on any atom is -0.467 e. The summed E-state index contributed by atoms with van der Waals surface area (Å²) in [6.07, 6.45) is 3.70. The topological polar surface area (TPSA) is 78.2 Å². The van der Waals surface area contributed by atoms with E-state index in [4.69, 9.17) is 9.52 Å². The van der Waals surface area contributed by atoms with Crippen LogP contribution in [0.15, 0.2) is 82.5 Å². The highest BCUT2D eigenvalue weighted by Crippen LogP contribution is 2.33. The first kappa shape index (κ1) is 23.1. The van der Waals surface area contributed by atoms with Gasteiger partial charge in [-0.2, -0.15) is 5.10 Å². The minimum absolute atomic E-state index is 0.0460. The van der Waals surface area contributed by atoms with Crippen LogP contribution in [0.2, 0.25) is 0 Å². The third-order valence-corrected chi connectivity index (χ3v) is 6.78. The molecule has 35 heavy (non-hydrogen) atoms. The highest BCUT2D eigenvalue weighted by Gasteiger charge is 2.36. The van der Waals surface area contributed by atoms with Crippen LogP contribution < -0.4 is 5.32 Å². The average molecular weight is 471 g/mol. The van der Waals surface area contributed by atoms with Crippen LogP contribution >= 0.6 is 0 Å². The summed E-state index contributed by atoms with van der Waals surface area (Å²) < 4.78 is 5.66. The van der Waals surface area contributed by atoms with Gasteiger partial charge >= 0.3 is 0 Å². The van der Waals surface area contributed by atoms with Crippen molar-refractivity contribution >= 4 is 23.2 Å². The molecule has 0 spiro atoms. The Hall–Kier alpha value is -3.71. The molecule has 1 unspecified atom stereocenters. The molecule has 1 fully saturated rings. The maximum atomic E-state index is 13.4. The number of nitrogens with zero attached hydrogens (tertiary/aromatic N) is 3. The number of hydrogen-bond donors (Lipinski definition) is 1. The smallest absolute Gasteiger partial charge is 0.257 e. The second-order valence-electron chi connectivity index (χ2n) is 9.29. The third-order valence-electron chi connectivity index (χ3n) is 6.78. The Kier molecular flexibility index (Phi) is 6.77. The number of furan rings is 1. The van der Waals surface area contributed by atoms with Crippen LogP contribution in [0.25, 0.3) is 0 Å². The number of para-hydroxylation sites is 1. The summed E-state index contributed by atoms with van der Waals surface area (Å²) in [6, 6.07) is 21.2. The van der Waals surface area contributed by atoms with Crippen molar-refractivity contribution in [3.8, 4) is 0 Å². The Labute approximate surface area is 205 Å². The molecule has 180 valence electrons. The maximum absolute atomic E-state index is 13.4. The molecule has 1 saturated heterocycles. The summed E-state index contributed by atoms with van der Waals surface area (Å²) in [5.74, 6) is 0.684. The van der Waals surface area contributed by atoms with Gasteiger partial charge in [-0.3, -0.25) is 14.5 Å². The third kappa shape index (κ3) is 5.35. The van der Waals surface area contributed by atoms with Gasteiger partial charge in [-0.15, -0.1) is 0 Å². The van der Waals surface area contributed by atoms with Crippen LogP contribution in [0.5, 0.6) is 0 Å². The van der Waals surface area contributed by atoms with Gasteiger partial charge < -0.3 is 9.73 Å². The van der Waals surface area contributed by atoms with E-state index >= 15 is 0 Å². The normalized spacial score (nSPS) is 18.9. The Balaban J connectivity index is 1.21. The van der Waals surface area contributed by atoms with E-state index < -0.39 is 0 Å². The second kappa shape index (κ2) is 10.3. The second-order valence-corrected chi connectivity index (χ2v) is 9.29.